The summed E-state index contributed by atoms with van der Waals surface area (Å²) in [6.07, 6.45) is 2.86. The average Bonchev–Trinajstić information content (AvgIpc) is 2.84. The average molecular weight is 313 g/mol. The van der Waals surface area contributed by atoms with Gasteiger partial charge in [-0.05, 0) is 22.9 Å². The molecular formula is C9H9BrN6O2. The van der Waals surface area contributed by atoms with Crippen LogP contribution in [0.5, 0.6) is 0 Å². The molecule has 0 radical (unpaired) electrons. The van der Waals surface area contributed by atoms with Crippen LogP contribution in [0.15, 0.2) is 23.1 Å². The number of nitrogens with zero attached hydrogens (tertiary/aromatic N) is 4. The summed E-state index contributed by atoms with van der Waals surface area (Å²) in [5.41, 5.74) is -0.101. The minimum atomic E-state index is -0.493. The van der Waals surface area contributed by atoms with Gasteiger partial charge in [0.2, 0.25) is 5.82 Å². The van der Waals surface area contributed by atoms with Crippen molar-refractivity contribution in [1.82, 2.24) is 20.2 Å². The number of aromatic nitrogens is 4. The lowest BCUT2D eigenvalue weighted by Crippen LogP contribution is -2.11. The van der Waals surface area contributed by atoms with Crippen molar-refractivity contribution in [2.45, 2.75) is 13.0 Å². The molecular weight excluding hydrogens is 304 g/mol. The molecule has 1 unspecified atom stereocenters. The van der Waals surface area contributed by atoms with Gasteiger partial charge in [-0.15, -0.1) is 0 Å². The van der Waals surface area contributed by atoms with Crippen molar-refractivity contribution in [1.29, 1.82) is 0 Å². The van der Waals surface area contributed by atoms with Gasteiger partial charge in [0.1, 0.15) is 12.2 Å². The summed E-state index contributed by atoms with van der Waals surface area (Å²) in [5.74, 6) is 0.765. The molecule has 0 spiro atoms. The molecule has 0 aliphatic carbocycles. The first-order chi connectivity index (χ1) is 8.58. The van der Waals surface area contributed by atoms with Crippen molar-refractivity contribution in [2.75, 3.05) is 5.32 Å². The standard InChI is InChI=1S/C9H9BrN6O2/c1-5(8-12-4-13-15-8)14-9-7(16(17)18)2-6(10)3-11-9/h2-5H,1H3,(H,11,14)(H,12,13,15). The summed E-state index contributed by atoms with van der Waals surface area (Å²) in [6, 6.07) is 1.13. The second-order valence-corrected chi connectivity index (χ2v) is 4.43. The first-order valence-electron chi connectivity index (χ1n) is 4.99. The number of aromatic amines is 1. The molecule has 2 N–H and O–H groups in total. The molecule has 0 fully saturated rings. The van der Waals surface area contributed by atoms with E-state index in [-0.39, 0.29) is 17.5 Å². The molecule has 9 heteroatoms. The van der Waals surface area contributed by atoms with Crippen molar-refractivity contribution < 1.29 is 4.92 Å². The molecule has 2 aromatic heterocycles. The lowest BCUT2D eigenvalue weighted by atomic mass is 10.3. The van der Waals surface area contributed by atoms with Crippen molar-refractivity contribution in [2.24, 2.45) is 0 Å². The third-order valence-electron chi connectivity index (χ3n) is 2.23. The van der Waals surface area contributed by atoms with E-state index in [2.05, 4.69) is 41.4 Å². The Morgan fingerprint density at radius 2 is 2.33 bits per heavy atom. The molecule has 2 heterocycles. The van der Waals surface area contributed by atoms with E-state index in [1.807, 2.05) is 0 Å². The van der Waals surface area contributed by atoms with Gasteiger partial charge in [-0.2, -0.15) is 5.10 Å². The maximum absolute atomic E-state index is 10.9. The van der Waals surface area contributed by atoms with E-state index in [9.17, 15) is 10.1 Å². The van der Waals surface area contributed by atoms with E-state index in [0.29, 0.717) is 10.3 Å². The number of halogens is 1. The SMILES string of the molecule is CC(Nc1ncc(Br)cc1[N+](=O)[O-])c1ncn[nH]1. The highest BCUT2D eigenvalue weighted by Gasteiger charge is 2.19. The topological polar surface area (TPSA) is 110 Å². The zero-order valence-electron chi connectivity index (χ0n) is 9.29. The van der Waals surface area contributed by atoms with Crippen LogP contribution in [0.1, 0.15) is 18.8 Å². The summed E-state index contributed by atoms with van der Waals surface area (Å²) >= 11 is 3.15. The number of nitrogens with one attached hydrogen (secondary N) is 2. The molecule has 0 saturated heterocycles. The van der Waals surface area contributed by atoms with Crippen LogP contribution >= 0.6 is 15.9 Å². The predicted molar refractivity (Wildman–Crippen MR) is 67.0 cm³/mol. The highest BCUT2D eigenvalue weighted by Crippen LogP contribution is 2.27. The first kappa shape index (κ1) is 12.4. The van der Waals surface area contributed by atoms with Crippen LogP contribution in [-0.2, 0) is 0 Å². The maximum Gasteiger partial charge on any atom is 0.312 e. The lowest BCUT2D eigenvalue weighted by Gasteiger charge is -2.11. The number of H-pyrrole nitrogens is 1. The fourth-order valence-electron chi connectivity index (χ4n) is 1.38. The third-order valence-corrected chi connectivity index (χ3v) is 2.66. The second-order valence-electron chi connectivity index (χ2n) is 3.52. The van der Waals surface area contributed by atoms with Gasteiger partial charge in [-0.1, -0.05) is 0 Å². The maximum atomic E-state index is 10.9. The molecule has 0 bridgehead atoms. The Labute approximate surface area is 110 Å². The Balaban J connectivity index is 2.26. The molecule has 1 atom stereocenters. The molecule has 94 valence electrons. The molecule has 18 heavy (non-hydrogen) atoms. The summed E-state index contributed by atoms with van der Waals surface area (Å²) < 4.78 is 0.548. The van der Waals surface area contributed by atoms with Gasteiger partial charge < -0.3 is 5.32 Å². The summed E-state index contributed by atoms with van der Waals surface area (Å²) in [7, 11) is 0. The Morgan fingerprint density at radius 1 is 1.56 bits per heavy atom. The molecule has 0 aliphatic heterocycles. The minimum Gasteiger partial charge on any atom is -0.355 e. The van der Waals surface area contributed by atoms with E-state index in [0.717, 1.165) is 0 Å². The van der Waals surface area contributed by atoms with E-state index in [1.165, 1.54) is 18.6 Å². The van der Waals surface area contributed by atoms with Gasteiger partial charge >= 0.3 is 5.69 Å². The van der Waals surface area contributed by atoms with Crippen molar-refractivity contribution in [3.8, 4) is 0 Å². The molecule has 8 nitrogen and oxygen atoms in total. The Morgan fingerprint density at radius 3 is 2.94 bits per heavy atom. The van der Waals surface area contributed by atoms with Gasteiger partial charge in [0.05, 0.1) is 11.0 Å². The van der Waals surface area contributed by atoms with Crippen LogP contribution in [0, 0.1) is 10.1 Å². The number of pyridine rings is 1. The van der Waals surface area contributed by atoms with Crippen molar-refractivity contribution >= 4 is 27.4 Å². The lowest BCUT2D eigenvalue weighted by molar-refractivity contribution is -0.384. The third kappa shape index (κ3) is 2.62. The summed E-state index contributed by atoms with van der Waals surface area (Å²) in [4.78, 5) is 18.4. The van der Waals surface area contributed by atoms with Crippen LogP contribution in [0.2, 0.25) is 0 Å². The van der Waals surface area contributed by atoms with Crippen molar-refractivity contribution in [3.63, 3.8) is 0 Å². The molecule has 2 aromatic rings. The normalized spacial score (nSPS) is 12.1. The Kier molecular flexibility index (Phi) is 3.51. The van der Waals surface area contributed by atoms with Gasteiger partial charge in [0, 0.05) is 16.7 Å². The van der Waals surface area contributed by atoms with Crippen LogP contribution in [0.25, 0.3) is 0 Å². The van der Waals surface area contributed by atoms with Gasteiger partial charge in [0.15, 0.2) is 0 Å². The monoisotopic (exact) mass is 312 g/mol. The molecule has 0 aromatic carbocycles. The zero-order chi connectivity index (χ0) is 13.1. The van der Waals surface area contributed by atoms with Crippen LogP contribution < -0.4 is 5.32 Å². The largest absolute Gasteiger partial charge is 0.355 e. The number of hydrogen-bond donors (Lipinski definition) is 2. The Hall–Kier alpha value is -2.03. The summed E-state index contributed by atoms with van der Waals surface area (Å²) in [6.45, 7) is 1.80. The van der Waals surface area contributed by atoms with Crippen molar-refractivity contribution in [3.05, 3.63) is 39.0 Å². The number of anilines is 1. The second kappa shape index (κ2) is 5.08. The predicted octanol–water partition coefficient (Wildman–Crippen LogP) is 2.04. The van der Waals surface area contributed by atoms with E-state index in [1.54, 1.807) is 6.92 Å². The zero-order valence-corrected chi connectivity index (χ0v) is 10.9. The summed E-state index contributed by atoms with van der Waals surface area (Å²) in [5, 5.41) is 20.2. The van der Waals surface area contributed by atoms with Gasteiger partial charge in [-0.3, -0.25) is 15.2 Å². The highest BCUT2D eigenvalue weighted by atomic mass is 79.9. The quantitative estimate of drug-likeness (QED) is 0.660. The van der Waals surface area contributed by atoms with Crippen LogP contribution in [-0.4, -0.2) is 25.1 Å². The molecule has 0 aliphatic rings. The smallest absolute Gasteiger partial charge is 0.312 e. The van der Waals surface area contributed by atoms with E-state index < -0.39 is 4.92 Å². The van der Waals surface area contributed by atoms with E-state index in [4.69, 9.17) is 0 Å². The number of nitro groups is 1. The number of hydrogen-bond acceptors (Lipinski definition) is 6. The molecule has 2 rings (SSSR count). The molecule has 0 amide bonds. The minimum absolute atomic E-state index is 0.101. The van der Waals surface area contributed by atoms with E-state index >= 15 is 0 Å². The van der Waals surface area contributed by atoms with Gasteiger partial charge in [0.25, 0.3) is 0 Å². The molecule has 0 saturated carbocycles. The van der Waals surface area contributed by atoms with Crippen LogP contribution in [0.3, 0.4) is 0 Å². The Bertz CT molecular complexity index is 558. The fourth-order valence-corrected chi connectivity index (χ4v) is 1.70. The first-order valence-corrected chi connectivity index (χ1v) is 5.79. The van der Waals surface area contributed by atoms with Gasteiger partial charge in [-0.25, -0.2) is 9.97 Å². The van der Waals surface area contributed by atoms with Crippen LogP contribution in [0.4, 0.5) is 11.5 Å². The highest BCUT2D eigenvalue weighted by molar-refractivity contribution is 9.10. The fraction of sp³-hybridized carbons (Fsp3) is 0.222. The number of rotatable bonds is 4.